The van der Waals surface area contributed by atoms with Crippen LogP contribution < -0.4 is 26.7 Å². The quantitative estimate of drug-likeness (QED) is 0.129. The van der Waals surface area contributed by atoms with Crippen LogP contribution in [0.5, 0.6) is 11.5 Å². The van der Waals surface area contributed by atoms with Crippen LogP contribution in [0.3, 0.4) is 0 Å². The predicted molar refractivity (Wildman–Crippen MR) is 186 cm³/mol. The maximum absolute atomic E-state index is 6.48. The van der Waals surface area contributed by atoms with Crippen molar-refractivity contribution in [3.63, 3.8) is 0 Å². The van der Waals surface area contributed by atoms with Gasteiger partial charge in [-0.25, -0.2) is 0 Å². The fourth-order valence-electron chi connectivity index (χ4n) is 5.70. The first kappa shape index (κ1) is 31.5. The summed E-state index contributed by atoms with van der Waals surface area (Å²) in [5, 5.41) is 0. The third-order valence-corrected chi connectivity index (χ3v) is 11.1. The fourth-order valence-corrected chi connectivity index (χ4v) is 8.53. The van der Waals surface area contributed by atoms with Crippen molar-refractivity contribution in [2.24, 2.45) is 0 Å². The Kier molecular flexibility index (Phi) is 8.57. The zero-order valence-electron chi connectivity index (χ0n) is 26.0. The Bertz CT molecular complexity index is 2070. The summed E-state index contributed by atoms with van der Waals surface area (Å²) in [6.07, 6.45) is 3.74. The van der Waals surface area contributed by atoms with Gasteiger partial charge in [-0.3, -0.25) is 0 Å². The van der Waals surface area contributed by atoms with Gasteiger partial charge in [0, 0.05) is 21.1 Å². The number of hydrogen-bond donors (Lipinski definition) is 0. The molecular formula is C39H30N5OPtTe-3. The minimum Gasteiger partial charge on any atom is 0 e. The first-order valence-corrected chi connectivity index (χ1v) is 17.5. The second-order valence-corrected chi connectivity index (χ2v) is 15.2. The number of hydrogen-bond acceptors (Lipinski definition) is 6. The molecule has 0 unspecified atom stereocenters. The maximum Gasteiger partial charge on any atom is 0 e. The van der Waals surface area contributed by atoms with Gasteiger partial charge in [-0.05, 0) is 12.1 Å². The van der Waals surface area contributed by atoms with Crippen LogP contribution in [0.4, 0.5) is 40.1 Å². The summed E-state index contributed by atoms with van der Waals surface area (Å²) in [4.78, 5) is 16.1. The van der Waals surface area contributed by atoms with E-state index < -0.39 is 20.9 Å². The normalized spacial score (nSPS) is 13.4. The first-order chi connectivity index (χ1) is 22.4. The molecule has 8 heteroatoms. The molecule has 6 aromatic rings. The average Bonchev–Trinajstić information content (AvgIpc) is 3.47. The molecule has 2 aliphatic heterocycles. The van der Waals surface area contributed by atoms with Crippen LogP contribution in [0, 0.1) is 18.8 Å². The van der Waals surface area contributed by atoms with Gasteiger partial charge in [0.15, 0.2) is 0 Å². The fraction of sp³-hybridized carbons (Fsp3) is 0.103. The predicted octanol–water partition coefficient (Wildman–Crippen LogP) is 8.01. The van der Waals surface area contributed by atoms with Crippen LogP contribution in [-0.2, 0) is 26.5 Å². The van der Waals surface area contributed by atoms with Crippen molar-refractivity contribution in [2.45, 2.75) is 26.2 Å². The molecule has 0 amide bonds. The van der Waals surface area contributed by atoms with Gasteiger partial charge in [-0.2, -0.15) is 0 Å². The van der Waals surface area contributed by atoms with Gasteiger partial charge in [0.2, 0.25) is 0 Å². The zero-order chi connectivity index (χ0) is 31.3. The molecule has 6 nitrogen and oxygen atoms in total. The van der Waals surface area contributed by atoms with Crippen LogP contribution in [-0.4, -0.2) is 30.9 Å². The van der Waals surface area contributed by atoms with E-state index in [1.165, 1.54) is 12.8 Å². The Labute approximate surface area is 300 Å². The summed E-state index contributed by atoms with van der Waals surface area (Å²) in [5.41, 5.74) is 6.31. The molecule has 8 rings (SSSR count). The van der Waals surface area contributed by atoms with E-state index in [1.54, 1.807) is 0 Å². The third kappa shape index (κ3) is 6.05. The molecule has 4 aromatic carbocycles. The van der Waals surface area contributed by atoms with Gasteiger partial charge in [-0.1, -0.05) is 24.3 Å². The van der Waals surface area contributed by atoms with Gasteiger partial charge in [-0.15, -0.1) is 0 Å². The van der Waals surface area contributed by atoms with Crippen molar-refractivity contribution < 1.29 is 25.8 Å². The maximum atomic E-state index is 6.48. The monoisotopic (exact) mass is 909 g/mol. The molecule has 0 fully saturated rings. The van der Waals surface area contributed by atoms with Gasteiger partial charge < -0.3 is 0 Å². The standard InChI is InChI=1S/C39H30N5OTe.Pt/c1-39(2,3)27-20-22-40-37(23-27)44-34-25-31(18-19-35(34)46-36-17-10-21-41-38(36)44)45-30-14-9-13-29(24-30)43-26-42(28-11-5-4-6-12-28)32-15-7-8-16-33(32)43;/h4-23,26H,1-3H3;/q-3;. The average molecular weight is 907 g/mol. The Morgan fingerprint density at radius 1 is 0.702 bits per heavy atom. The number of benzene rings is 4. The van der Waals surface area contributed by atoms with Crippen molar-refractivity contribution in [2.75, 3.05) is 14.7 Å². The molecule has 4 heterocycles. The second kappa shape index (κ2) is 12.8. The van der Waals surface area contributed by atoms with Gasteiger partial charge in [0.25, 0.3) is 0 Å². The molecule has 0 saturated heterocycles. The number of rotatable bonds is 5. The number of anilines is 7. The molecule has 0 spiro atoms. The van der Waals surface area contributed by atoms with E-state index in [0.717, 1.165) is 40.1 Å². The summed E-state index contributed by atoms with van der Waals surface area (Å²) in [6.45, 7) is 8.76. The summed E-state index contributed by atoms with van der Waals surface area (Å²) in [7, 11) is 0. The Balaban J connectivity index is 0.00000351. The van der Waals surface area contributed by atoms with Crippen molar-refractivity contribution in [3.05, 3.63) is 146 Å². The van der Waals surface area contributed by atoms with E-state index in [4.69, 9.17) is 14.7 Å². The van der Waals surface area contributed by atoms with Crippen LogP contribution in [0.2, 0.25) is 0 Å². The van der Waals surface area contributed by atoms with E-state index >= 15 is 0 Å². The van der Waals surface area contributed by atoms with Crippen molar-refractivity contribution in [1.82, 2.24) is 9.97 Å². The molecule has 2 aromatic heterocycles. The largest absolute Gasteiger partial charge is 0 e. The van der Waals surface area contributed by atoms with Gasteiger partial charge in [0.05, 0.1) is 0 Å². The number of fused-ring (bicyclic) bond motifs is 3. The summed E-state index contributed by atoms with van der Waals surface area (Å²) < 4.78 is 9.02. The van der Waals surface area contributed by atoms with Crippen LogP contribution >= 0.6 is 0 Å². The first-order valence-electron chi connectivity index (χ1n) is 15.2. The van der Waals surface area contributed by atoms with Gasteiger partial charge >= 0.3 is 245 Å². The Morgan fingerprint density at radius 3 is 2.28 bits per heavy atom. The molecule has 0 aliphatic carbocycles. The van der Waals surface area contributed by atoms with E-state index in [0.29, 0.717) is 11.5 Å². The number of ether oxygens (including phenoxy) is 1. The second-order valence-electron chi connectivity index (χ2n) is 12.1. The minimum atomic E-state index is -0.671. The molecule has 2 aliphatic rings. The van der Waals surface area contributed by atoms with Gasteiger partial charge in [0.1, 0.15) is 0 Å². The smallest absolute Gasteiger partial charge is 0 e. The Morgan fingerprint density at radius 2 is 1.47 bits per heavy atom. The summed E-state index contributed by atoms with van der Waals surface area (Å²) >= 11 is -0.671. The van der Waals surface area contributed by atoms with Crippen molar-refractivity contribution in [1.29, 1.82) is 0 Å². The zero-order valence-corrected chi connectivity index (χ0v) is 30.6. The van der Waals surface area contributed by atoms with Crippen LogP contribution in [0.25, 0.3) is 0 Å². The van der Waals surface area contributed by atoms with E-state index in [9.17, 15) is 0 Å². The molecule has 0 atom stereocenters. The molecule has 47 heavy (non-hydrogen) atoms. The van der Waals surface area contributed by atoms with Crippen molar-refractivity contribution in [3.8, 4) is 11.5 Å². The van der Waals surface area contributed by atoms with Crippen molar-refractivity contribution >= 4 is 68.2 Å². The molecule has 0 radical (unpaired) electrons. The van der Waals surface area contributed by atoms with E-state index in [2.05, 4.69) is 133 Å². The minimum absolute atomic E-state index is 0. The van der Waals surface area contributed by atoms with E-state index in [1.807, 2.05) is 42.7 Å². The Hall–Kier alpha value is -4.14. The number of para-hydroxylation sites is 3. The topological polar surface area (TPSA) is 44.7 Å². The third-order valence-electron chi connectivity index (χ3n) is 8.01. The summed E-state index contributed by atoms with van der Waals surface area (Å²) in [5.74, 6) is 2.98. The number of nitrogens with zero attached hydrogens (tertiary/aromatic N) is 5. The van der Waals surface area contributed by atoms with Crippen LogP contribution in [0.15, 0.2) is 122 Å². The van der Waals surface area contributed by atoms with E-state index in [-0.39, 0.29) is 26.5 Å². The molecule has 0 N–H and O–H groups in total. The summed E-state index contributed by atoms with van der Waals surface area (Å²) in [6, 6.07) is 44.5. The van der Waals surface area contributed by atoms with Crippen LogP contribution in [0.1, 0.15) is 26.3 Å². The molecular weight excluding hydrogens is 877 g/mol. The molecule has 0 saturated carbocycles. The number of pyridine rings is 2. The molecule has 0 bridgehead atoms. The number of aromatic nitrogens is 2. The SMILES string of the molecule is CC(C)(C)c1ccnc(N2c3[c-]c(Oc4[c-]c(N5[CH-]N(c6ccccc6)c6ccccc65)ccc4)ccc3[Te]c3cccnc32)c1.[Pt]. The molecule has 236 valence electrons.